The predicted octanol–water partition coefficient (Wildman–Crippen LogP) is 2.28. The molecule has 104 valence electrons. The summed E-state index contributed by atoms with van der Waals surface area (Å²) >= 11 is 0. The third kappa shape index (κ3) is 3.50. The summed E-state index contributed by atoms with van der Waals surface area (Å²) in [5.74, 6) is -1.74. The van der Waals surface area contributed by atoms with Crippen molar-refractivity contribution < 1.29 is 13.6 Å². The van der Waals surface area contributed by atoms with E-state index in [9.17, 15) is 13.6 Å². The van der Waals surface area contributed by atoms with Crippen LogP contribution >= 0.6 is 0 Å². The molecule has 1 aromatic carbocycles. The molecule has 0 bridgehead atoms. The first-order chi connectivity index (χ1) is 9.08. The van der Waals surface area contributed by atoms with Crippen molar-refractivity contribution >= 4 is 5.91 Å². The highest BCUT2D eigenvalue weighted by atomic mass is 19.2. The van der Waals surface area contributed by atoms with Crippen LogP contribution in [0.5, 0.6) is 0 Å². The van der Waals surface area contributed by atoms with Gasteiger partial charge >= 0.3 is 0 Å². The SMILES string of the molecule is CC(NC1CCCCNC1=O)c1ccc(F)c(F)c1. The predicted molar refractivity (Wildman–Crippen MR) is 68.6 cm³/mol. The molecule has 2 N–H and O–H groups in total. The first-order valence-corrected chi connectivity index (χ1v) is 6.56. The number of hydrogen-bond acceptors (Lipinski definition) is 2. The van der Waals surface area contributed by atoms with Crippen LogP contribution < -0.4 is 10.6 Å². The van der Waals surface area contributed by atoms with Crippen molar-refractivity contribution in [3.8, 4) is 0 Å². The Morgan fingerprint density at radius 2 is 2.11 bits per heavy atom. The fourth-order valence-electron chi connectivity index (χ4n) is 2.28. The summed E-state index contributed by atoms with van der Waals surface area (Å²) in [6.07, 6.45) is 2.71. The molecule has 1 aliphatic heterocycles. The molecule has 2 atom stereocenters. The van der Waals surface area contributed by atoms with E-state index in [2.05, 4.69) is 10.6 Å². The van der Waals surface area contributed by atoms with Crippen molar-refractivity contribution in [3.05, 3.63) is 35.4 Å². The molecule has 0 aliphatic carbocycles. The molecular weight excluding hydrogens is 250 g/mol. The lowest BCUT2D eigenvalue weighted by Crippen LogP contribution is -2.43. The molecule has 3 nitrogen and oxygen atoms in total. The van der Waals surface area contributed by atoms with Gasteiger partial charge in [-0.2, -0.15) is 0 Å². The lowest BCUT2D eigenvalue weighted by atomic mass is 10.0. The van der Waals surface area contributed by atoms with Gasteiger partial charge in [0.2, 0.25) is 5.91 Å². The smallest absolute Gasteiger partial charge is 0.237 e. The van der Waals surface area contributed by atoms with E-state index in [1.165, 1.54) is 12.1 Å². The molecule has 1 amide bonds. The van der Waals surface area contributed by atoms with Gasteiger partial charge in [0.25, 0.3) is 0 Å². The van der Waals surface area contributed by atoms with E-state index in [-0.39, 0.29) is 18.0 Å². The Morgan fingerprint density at radius 1 is 1.32 bits per heavy atom. The molecule has 0 saturated carbocycles. The Bertz CT molecular complexity index is 465. The van der Waals surface area contributed by atoms with E-state index in [4.69, 9.17) is 0 Å². The molecule has 2 rings (SSSR count). The molecule has 2 unspecified atom stereocenters. The van der Waals surface area contributed by atoms with Crippen LogP contribution in [0.4, 0.5) is 8.78 Å². The zero-order valence-corrected chi connectivity index (χ0v) is 10.9. The maximum absolute atomic E-state index is 13.2. The van der Waals surface area contributed by atoms with E-state index in [0.29, 0.717) is 12.1 Å². The minimum absolute atomic E-state index is 0.0214. The van der Waals surface area contributed by atoms with Crippen molar-refractivity contribution in [2.45, 2.75) is 38.3 Å². The monoisotopic (exact) mass is 268 g/mol. The van der Waals surface area contributed by atoms with E-state index in [0.717, 1.165) is 25.3 Å². The molecule has 19 heavy (non-hydrogen) atoms. The van der Waals surface area contributed by atoms with Crippen LogP contribution in [-0.2, 0) is 4.79 Å². The molecule has 0 aromatic heterocycles. The number of hydrogen-bond donors (Lipinski definition) is 2. The molecule has 1 fully saturated rings. The van der Waals surface area contributed by atoms with Crippen LogP contribution in [0.15, 0.2) is 18.2 Å². The molecule has 1 aliphatic rings. The van der Waals surface area contributed by atoms with Crippen LogP contribution in [0.3, 0.4) is 0 Å². The fourth-order valence-corrected chi connectivity index (χ4v) is 2.28. The number of carbonyl (C=O) groups excluding carboxylic acids is 1. The molecule has 1 heterocycles. The van der Waals surface area contributed by atoms with E-state index in [1.54, 1.807) is 0 Å². The number of carbonyl (C=O) groups is 1. The van der Waals surface area contributed by atoms with Gasteiger partial charge in [0.05, 0.1) is 6.04 Å². The van der Waals surface area contributed by atoms with Gasteiger partial charge in [0.1, 0.15) is 0 Å². The molecule has 0 spiro atoms. The van der Waals surface area contributed by atoms with Gasteiger partial charge < -0.3 is 5.32 Å². The molecule has 1 saturated heterocycles. The number of halogens is 2. The standard InChI is InChI=1S/C14H18F2N2O/c1-9(10-5-6-11(15)12(16)8-10)18-13-4-2-3-7-17-14(13)19/h5-6,8-9,13,18H,2-4,7H2,1H3,(H,17,19). The second-order valence-corrected chi connectivity index (χ2v) is 4.90. The second-order valence-electron chi connectivity index (χ2n) is 4.90. The quantitative estimate of drug-likeness (QED) is 0.883. The number of rotatable bonds is 3. The van der Waals surface area contributed by atoms with Gasteiger partial charge in [-0.15, -0.1) is 0 Å². The summed E-state index contributed by atoms with van der Waals surface area (Å²) in [6, 6.07) is 3.33. The highest BCUT2D eigenvalue weighted by Crippen LogP contribution is 2.18. The minimum Gasteiger partial charge on any atom is -0.355 e. The number of benzene rings is 1. The normalized spacial score (nSPS) is 21.6. The maximum Gasteiger partial charge on any atom is 0.237 e. The third-order valence-corrected chi connectivity index (χ3v) is 3.43. The van der Waals surface area contributed by atoms with Gasteiger partial charge in [0.15, 0.2) is 11.6 Å². The molecular formula is C14H18F2N2O. The van der Waals surface area contributed by atoms with E-state index in [1.807, 2.05) is 6.92 Å². The lowest BCUT2D eigenvalue weighted by Gasteiger charge is -2.21. The molecule has 1 aromatic rings. The number of nitrogens with one attached hydrogen (secondary N) is 2. The van der Waals surface area contributed by atoms with Gasteiger partial charge in [-0.05, 0) is 43.9 Å². The Morgan fingerprint density at radius 3 is 2.84 bits per heavy atom. The average molecular weight is 268 g/mol. The first-order valence-electron chi connectivity index (χ1n) is 6.56. The maximum atomic E-state index is 13.2. The van der Waals surface area contributed by atoms with Gasteiger partial charge in [-0.3, -0.25) is 10.1 Å². The van der Waals surface area contributed by atoms with Crippen LogP contribution in [0.1, 0.15) is 37.8 Å². The third-order valence-electron chi connectivity index (χ3n) is 3.43. The molecule has 0 radical (unpaired) electrons. The van der Waals surface area contributed by atoms with Crippen molar-refractivity contribution in [1.82, 2.24) is 10.6 Å². The summed E-state index contributed by atoms with van der Waals surface area (Å²) in [7, 11) is 0. The van der Waals surface area contributed by atoms with Crippen molar-refractivity contribution in [2.75, 3.05) is 6.54 Å². The topological polar surface area (TPSA) is 41.1 Å². The zero-order chi connectivity index (χ0) is 13.8. The number of amides is 1. The van der Waals surface area contributed by atoms with Crippen LogP contribution in [0.25, 0.3) is 0 Å². The fraction of sp³-hybridized carbons (Fsp3) is 0.500. The summed E-state index contributed by atoms with van der Waals surface area (Å²) in [4.78, 5) is 11.8. The summed E-state index contributed by atoms with van der Waals surface area (Å²) < 4.78 is 26.1. The minimum atomic E-state index is -0.864. The van der Waals surface area contributed by atoms with Crippen LogP contribution in [0.2, 0.25) is 0 Å². The lowest BCUT2D eigenvalue weighted by molar-refractivity contribution is -0.123. The summed E-state index contributed by atoms with van der Waals surface area (Å²) in [6.45, 7) is 2.54. The Balaban J connectivity index is 2.04. The van der Waals surface area contributed by atoms with Crippen molar-refractivity contribution in [3.63, 3.8) is 0 Å². The van der Waals surface area contributed by atoms with Gasteiger partial charge in [0, 0.05) is 12.6 Å². The summed E-state index contributed by atoms with van der Waals surface area (Å²) in [5, 5.41) is 6.01. The van der Waals surface area contributed by atoms with E-state index < -0.39 is 11.6 Å². The van der Waals surface area contributed by atoms with Crippen LogP contribution in [-0.4, -0.2) is 18.5 Å². The highest BCUT2D eigenvalue weighted by Gasteiger charge is 2.22. The first kappa shape index (κ1) is 13.9. The second kappa shape index (κ2) is 6.10. The highest BCUT2D eigenvalue weighted by molar-refractivity contribution is 5.81. The Kier molecular flexibility index (Phi) is 4.47. The van der Waals surface area contributed by atoms with Gasteiger partial charge in [-0.25, -0.2) is 8.78 Å². The Hall–Kier alpha value is -1.49. The van der Waals surface area contributed by atoms with Gasteiger partial charge in [-0.1, -0.05) is 6.07 Å². The average Bonchev–Trinajstić information content (AvgIpc) is 2.58. The summed E-state index contributed by atoms with van der Waals surface area (Å²) in [5.41, 5.74) is 0.635. The van der Waals surface area contributed by atoms with Crippen LogP contribution in [0, 0.1) is 11.6 Å². The van der Waals surface area contributed by atoms with Crippen molar-refractivity contribution in [2.24, 2.45) is 0 Å². The van der Waals surface area contributed by atoms with E-state index >= 15 is 0 Å². The zero-order valence-electron chi connectivity index (χ0n) is 10.9. The Labute approximate surface area is 111 Å². The molecule has 5 heteroatoms. The largest absolute Gasteiger partial charge is 0.355 e. The van der Waals surface area contributed by atoms with Crippen molar-refractivity contribution in [1.29, 1.82) is 0 Å².